The highest BCUT2D eigenvalue weighted by Crippen LogP contribution is 2.35. The van der Waals surface area contributed by atoms with Gasteiger partial charge in [-0.15, -0.1) is 0 Å². The number of benzene rings is 2. The molecule has 6 nitrogen and oxygen atoms in total. The van der Waals surface area contributed by atoms with Gasteiger partial charge in [-0.3, -0.25) is 9.69 Å². The molecule has 6 heteroatoms. The Balaban J connectivity index is 1.67. The molecule has 0 aromatic heterocycles. The topological polar surface area (TPSA) is 78.9 Å². The summed E-state index contributed by atoms with van der Waals surface area (Å²) in [4.78, 5) is 27.0. The second-order valence-corrected chi connectivity index (χ2v) is 7.87. The summed E-state index contributed by atoms with van der Waals surface area (Å²) in [5.41, 5.74) is 0.649. The van der Waals surface area contributed by atoms with Crippen molar-refractivity contribution in [1.82, 2.24) is 10.2 Å². The van der Waals surface area contributed by atoms with Gasteiger partial charge in [0.05, 0.1) is 25.9 Å². The number of imide groups is 1. The number of nitrogens with zero attached hydrogens (tertiary/aromatic N) is 1. The Kier molecular flexibility index (Phi) is 6.67. The Bertz CT molecular complexity index is 825. The molecule has 1 saturated heterocycles. The minimum Gasteiger partial charge on any atom is -0.389 e. The maximum atomic E-state index is 13.3. The number of aliphatic hydroxyl groups is 1. The molecule has 0 aliphatic carbocycles. The summed E-state index contributed by atoms with van der Waals surface area (Å²) in [7, 11) is 0. The van der Waals surface area contributed by atoms with Crippen LogP contribution in [-0.4, -0.2) is 41.2 Å². The maximum Gasteiger partial charge on any atom is 0.325 e. The summed E-state index contributed by atoms with van der Waals surface area (Å²) in [6, 6.07) is 18.4. The Morgan fingerprint density at radius 1 is 1.03 bits per heavy atom. The number of urea groups is 1. The van der Waals surface area contributed by atoms with E-state index in [9.17, 15) is 14.7 Å². The van der Waals surface area contributed by atoms with Crippen molar-refractivity contribution in [3.8, 4) is 0 Å². The Morgan fingerprint density at radius 2 is 1.66 bits per heavy atom. The predicted molar refractivity (Wildman–Crippen MR) is 110 cm³/mol. The largest absolute Gasteiger partial charge is 0.389 e. The molecule has 0 bridgehead atoms. The lowest BCUT2D eigenvalue weighted by molar-refractivity contribution is -0.133. The second kappa shape index (κ2) is 9.20. The molecule has 2 N–H and O–H groups in total. The molecule has 154 valence electrons. The zero-order chi connectivity index (χ0) is 20.9. The van der Waals surface area contributed by atoms with Crippen molar-refractivity contribution in [1.29, 1.82) is 0 Å². The Hall–Kier alpha value is -2.70. The quantitative estimate of drug-likeness (QED) is 0.639. The number of rotatable bonds is 9. The molecule has 1 fully saturated rings. The van der Waals surface area contributed by atoms with Crippen LogP contribution in [0.25, 0.3) is 0 Å². The van der Waals surface area contributed by atoms with Crippen LogP contribution in [0.4, 0.5) is 4.79 Å². The molecule has 0 radical (unpaired) electrons. The molecule has 3 amide bonds. The summed E-state index contributed by atoms with van der Waals surface area (Å²) in [6.07, 6.45) is -0.474. The number of hydrogen-bond donors (Lipinski definition) is 2. The van der Waals surface area contributed by atoms with Crippen molar-refractivity contribution < 1.29 is 19.4 Å². The number of amides is 3. The lowest BCUT2D eigenvalue weighted by Crippen LogP contribution is -2.45. The van der Waals surface area contributed by atoms with Crippen LogP contribution in [0.5, 0.6) is 0 Å². The Labute approximate surface area is 171 Å². The maximum absolute atomic E-state index is 13.3. The van der Waals surface area contributed by atoms with Gasteiger partial charge in [0.25, 0.3) is 5.91 Å². The van der Waals surface area contributed by atoms with Crippen molar-refractivity contribution in [2.24, 2.45) is 5.92 Å². The van der Waals surface area contributed by atoms with Gasteiger partial charge in [-0.1, -0.05) is 74.5 Å². The lowest BCUT2D eigenvalue weighted by atomic mass is 9.82. The van der Waals surface area contributed by atoms with Crippen molar-refractivity contribution in [3.63, 3.8) is 0 Å². The molecule has 2 atom stereocenters. The average Bonchev–Trinajstić information content (AvgIpc) is 2.94. The number of carbonyl (C=O) groups excluding carboxylic acids is 2. The molecule has 2 aromatic rings. The first kappa shape index (κ1) is 21.0. The third-order valence-corrected chi connectivity index (χ3v) is 4.97. The first-order valence-electron chi connectivity index (χ1n) is 9.92. The fourth-order valence-electron chi connectivity index (χ4n) is 3.73. The second-order valence-electron chi connectivity index (χ2n) is 7.87. The highest BCUT2D eigenvalue weighted by atomic mass is 16.5. The first-order chi connectivity index (χ1) is 13.9. The normalized spacial score (nSPS) is 20.2. The lowest BCUT2D eigenvalue weighted by Gasteiger charge is -2.29. The molecule has 0 saturated carbocycles. The summed E-state index contributed by atoms with van der Waals surface area (Å²) in [5, 5.41) is 13.2. The van der Waals surface area contributed by atoms with Crippen LogP contribution < -0.4 is 5.32 Å². The van der Waals surface area contributed by atoms with E-state index in [-0.39, 0.29) is 25.0 Å². The first-order valence-corrected chi connectivity index (χ1v) is 9.92. The molecule has 3 rings (SSSR count). The molecular formula is C23H28N2O4. The van der Waals surface area contributed by atoms with Crippen LogP contribution in [0.1, 0.15) is 31.4 Å². The standard InChI is InChI=1S/C23H28N2O4/c1-17(2)13-23(19-11-7-4-8-12-19)21(27)25(22(28)24-23)14-20(26)16-29-15-18-9-5-3-6-10-18/h3-12,17,20,26H,13-16H2,1-2H3,(H,24,28)/t20-,23+/m0/s1. The van der Waals surface area contributed by atoms with Crippen LogP contribution in [0.2, 0.25) is 0 Å². The molecule has 1 aliphatic rings. The van der Waals surface area contributed by atoms with E-state index in [4.69, 9.17) is 4.74 Å². The van der Waals surface area contributed by atoms with E-state index in [0.29, 0.717) is 13.0 Å². The fourth-order valence-corrected chi connectivity index (χ4v) is 3.73. The van der Waals surface area contributed by atoms with Crippen LogP contribution in [0, 0.1) is 5.92 Å². The summed E-state index contributed by atoms with van der Waals surface area (Å²) in [5.74, 6) is -0.136. The molecule has 1 aliphatic heterocycles. The van der Waals surface area contributed by atoms with E-state index in [0.717, 1.165) is 16.0 Å². The number of β-amino-alcohol motifs (C(OH)–C–C–N with tert-alkyl or cyclic N) is 1. The van der Waals surface area contributed by atoms with Gasteiger partial charge in [0.2, 0.25) is 0 Å². The van der Waals surface area contributed by atoms with E-state index >= 15 is 0 Å². The van der Waals surface area contributed by atoms with Crippen LogP contribution in [-0.2, 0) is 21.7 Å². The van der Waals surface area contributed by atoms with E-state index < -0.39 is 17.7 Å². The molecule has 1 heterocycles. The van der Waals surface area contributed by atoms with Gasteiger partial charge < -0.3 is 15.2 Å². The zero-order valence-electron chi connectivity index (χ0n) is 16.9. The number of ether oxygens (including phenoxy) is 1. The third-order valence-electron chi connectivity index (χ3n) is 4.97. The zero-order valence-corrected chi connectivity index (χ0v) is 16.9. The van der Waals surface area contributed by atoms with E-state index in [1.807, 2.05) is 74.5 Å². The van der Waals surface area contributed by atoms with Crippen LogP contribution >= 0.6 is 0 Å². The monoisotopic (exact) mass is 396 g/mol. The van der Waals surface area contributed by atoms with Gasteiger partial charge in [-0.25, -0.2) is 4.79 Å². The SMILES string of the molecule is CC(C)C[C@]1(c2ccccc2)NC(=O)N(C[C@H](O)COCc2ccccc2)C1=O. The van der Waals surface area contributed by atoms with Gasteiger partial charge in [-0.05, 0) is 23.5 Å². The number of nitrogens with one attached hydrogen (secondary N) is 1. The Morgan fingerprint density at radius 3 is 2.28 bits per heavy atom. The summed E-state index contributed by atoms with van der Waals surface area (Å²) < 4.78 is 5.54. The van der Waals surface area contributed by atoms with Gasteiger partial charge in [-0.2, -0.15) is 0 Å². The fraction of sp³-hybridized carbons (Fsp3) is 0.391. The van der Waals surface area contributed by atoms with Gasteiger partial charge in [0.15, 0.2) is 0 Å². The van der Waals surface area contributed by atoms with E-state index in [1.54, 1.807) is 0 Å². The van der Waals surface area contributed by atoms with E-state index in [1.165, 1.54) is 0 Å². The number of carbonyl (C=O) groups is 2. The van der Waals surface area contributed by atoms with Crippen LogP contribution in [0.15, 0.2) is 60.7 Å². The highest BCUT2D eigenvalue weighted by molar-refractivity contribution is 6.07. The van der Waals surface area contributed by atoms with Crippen molar-refractivity contribution in [2.75, 3.05) is 13.2 Å². The third kappa shape index (κ3) is 4.83. The van der Waals surface area contributed by atoms with Crippen molar-refractivity contribution in [2.45, 2.75) is 38.5 Å². The molecular weight excluding hydrogens is 368 g/mol. The molecule has 0 spiro atoms. The summed E-state index contributed by atoms with van der Waals surface area (Å²) >= 11 is 0. The molecule has 29 heavy (non-hydrogen) atoms. The molecule has 0 unspecified atom stereocenters. The van der Waals surface area contributed by atoms with Gasteiger partial charge in [0.1, 0.15) is 5.54 Å². The van der Waals surface area contributed by atoms with Gasteiger partial charge >= 0.3 is 6.03 Å². The highest BCUT2D eigenvalue weighted by Gasteiger charge is 2.52. The van der Waals surface area contributed by atoms with Gasteiger partial charge in [0, 0.05) is 0 Å². The molecule has 2 aromatic carbocycles. The van der Waals surface area contributed by atoms with Crippen LogP contribution in [0.3, 0.4) is 0 Å². The predicted octanol–water partition coefficient (Wildman–Crippen LogP) is 3.06. The minimum absolute atomic E-state index is 0.0362. The van der Waals surface area contributed by atoms with E-state index in [2.05, 4.69) is 5.32 Å². The minimum atomic E-state index is -1.10. The number of aliphatic hydroxyl groups excluding tert-OH is 1. The number of hydrogen-bond acceptors (Lipinski definition) is 4. The smallest absolute Gasteiger partial charge is 0.325 e. The average molecular weight is 396 g/mol. The summed E-state index contributed by atoms with van der Waals surface area (Å²) in [6.45, 7) is 4.32. The van der Waals surface area contributed by atoms with Crippen molar-refractivity contribution in [3.05, 3.63) is 71.8 Å². The van der Waals surface area contributed by atoms with Crippen molar-refractivity contribution >= 4 is 11.9 Å².